The summed E-state index contributed by atoms with van der Waals surface area (Å²) in [7, 11) is 0. The lowest BCUT2D eigenvalue weighted by atomic mass is 10.2. The zero-order valence-electron chi connectivity index (χ0n) is 12.8. The second-order valence-corrected chi connectivity index (χ2v) is 5.03. The zero-order valence-corrected chi connectivity index (χ0v) is 12.8. The van der Waals surface area contributed by atoms with E-state index in [0.717, 1.165) is 29.4 Å². The van der Waals surface area contributed by atoms with Gasteiger partial charge in [-0.3, -0.25) is 4.98 Å². The second kappa shape index (κ2) is 7.64. The Morgan fingerprint density at radius 2 is 1.81 bits per heavy atom. The van der Waals surface area contributed by atoms with Crippen LogP contribution in [0.3, 0.4) is 0 Å². The third-order valence-corrected chi connectivity index (χ3v) is 2.92. The third kappa shape index (κ3) is 4.76. The lowest BCUT2D eigenvalue weighted by Gasteiger charge is -2.13. The van der Waals surface area contributed by atoms with E-state index in [9.17, 15) is 0 Å². The van der Waals surface area contributed by atoms with Crippen LogP contribution in [0.25, 0.3) is 0 Å². The quantitative estimate of drug-likeness (QED) is 0.841. The average Bonchev–Trinajstić information content (AvgIpc) is 2.48. The molecule has 1 aromatic heterocycles. The average molecular weight is 286 g/mol. The van der Waals surface area contributed by atoms with Crippen LogP contribution in [0.4, 0.5) is 0 Å². The number of nitrogens with one attached hydrogen (secondary N) is 1. The van der Waals surface area contributed by atoms with Crippen LogP contribution in [0.15, 0.2) is 42.7 Å². The van der Waals surface area contributed by atoms with Gasteiger partial charge < -0.3 is 14.8 Å². The fourth-order valence-electron chi connectivity index (χ4n) is 1.86. The Balaban J connectivity index is 2.08. The van der Waals surface area contributed by atoms with Crippen molar-refractivity contribution in [2.45, 2.75) is 33.4 Å². The molecule has 2 rings (SSSR count). The van der Waals surface area contributed by atoms with Crippen molar-refractivity contribution in [1.29, 1.82) is 0 Å². The van der Waals surface area contributed by atoms with Crippen molar-refractivity contribution in [1.82, 2.24) is 10.3 Å². The monoisotopic (exact) mass is 286 g/mol. The number of benzene rings is 1. The van der Waals surface area contributed by atoms with Gasteiger partial charge >= 0.3 is 0 Å². The molecule has 2 aromatic rings. The Kier molecular flexibility index (Phi) is 5.58. The van der Waals surface area contributed by atoms with Gasteiger partial charge in [-0.05, 0) is 37.3 Å². The molecule has 0 bridgehead atoms. The highest BCUT2D eigenvalue weighted by atomic mass is 16.5. The maximum atomic E-state index is 5.94. The number of ether oxygens (including phenoxy) is 2. The molecule has 4 nitrogen and oxygen atoms in total. The van der Waals surface area contributed by atoms with Gasteiger partial charge in [-0.25, -0.2) is 0 Å². The third-order valence-electron chi connectivity index (χ3n) is 2.92. The van der Waals surface area contributed by atoms with E-state index in [1.165, 1.54) is 0 Å². The fourth-order valence-corrected chi connectivity index (χ4v) is 1.86. The van der Waals surface area contributed by atoms with E-state index >= 15 is 0 Å². The highest BCUT2D eigenvalue weighted by Crippen LogP contribution is 2.26. The Morgan fingerprint density at radius 3 is 2.48 bits per heavy atom. The summed E-state index contributed by atoms with van der Waals surface area (Å²) < 4.78 is 11.4. The highest BCUT2D eigenvalue weighted by Gasteiger charge is 2.06. The number of hydrogen-bond donors (Lipinski definition) is 1. The number of aromatic nitrogens is 1. The van der Waals surface area contributed by atoms with Gasteiger partial charge in [0.15, 0.2) is 0 Å². The Bertz CT molecular complexity index is 553. The molecule has 0 saturated heterocycles. The lowest BCUT2D eigenvalue weighted by molar-refractivity contribution is 0.339. The maximum Gasteiger partial charge on any atom is 0.134 e. The fraction of sp³-hybridized carbons (Fsp3) is 0.353. The minimum atomic E-state index is 0.420. The predicted molar refractivity (Wildman–Crippen MR) is 83.9 cm³/mol. The topological polar surface area (TPSA) is 43.4 Å². The summed E-state index contributed by atoms with van der Waals surface area (Å²) in [6.45, 7) is 7.59. The molecule has 0 radical (unpaired) electrons. The first-order valence-electron chi connectivity index (χ1n) is 7.26. The van der Waals surface area contributed by atoms with Crippen molar-refractivity contribution >= 4 is 0 Å². The second-order valence-electron chi connectivity index (χ2n) is 5.03. The molecule has 112 valence electrons. The van der Waals surface area contributed by atoms with Gasteiger partial charge in [-0.15, -0.1) is 0 Å². The minimum Gasteiger partial charge on any atom is -0.494 e. The van der Waals surface area contributed by atoms with Crippen LogP contribution < -0.4 is 14.8 Å². The van der Waals surface area contributed by atoms with E-state index < -0.39 is 0 Å². The number of nitrogens with zero attached hydrogens (tertiary/aromatic N) is 1. The van der Waals surface area contributed by atoms with Crippen LogP contribution in [0.5, 0.6) is 17.2 Å². The molecular weight excluding hydrogens is 264 g/mol. The first kappa shape index (κ1) is 15.3. The summed E-state index contributed by atoms with van der Waals surface area (Å²) in [5.41, 5.74) is 1.04. The van der Waals surface area contributed by atoms with Crippen LogP contribution in [-0.4, -0.2) is 17.6 Å². The normalized spacial score (nSPS) is 10.7. The lowest BCUT2D eigenvalue weighted by Crippen LogP contribution is -2.22. The Morgan fingerprint density at radius 1 is 1.10 bits per heavy atom. The summed E-state index contributed by atoms with van der Waals surface area (Å²) in [5.74, 6) is 2.46. The van der Waals surface area contributed by atoms with Gasteiger partial charge in [0, 0.05) is 30.5 Å². The van der Waals surface area contributed by atoms with Crippen molar-refractivity contribution in [2.75, 3.05) is 6.61 Å². The van der Waals surface area contributed by atoms with Crippen molar-refractivity contribution in [2.24, 2.45) is 0 Å². The number of pyridine rings is 1. The van der Waals surface area contributed by atoms with E-state index in [0.29, 0.717) is 12.6 Å². The Labute approximate surface area is 126 Å². The molecule has 0 aliphatic carbocycles. The van der Waals surface area contributed by atoms with E-state index in [-0.39, 0.29) is 0 Å². The molecule has 0 amide bonds. The van der Waals surface area contributed by atoms with Gasteiger partial charge in [0.2, 0.25) is 0 Å². The first-order valence-corrected chi connectivity index (χ1v) is 7.26. The molecule has 0 aliphatic heterocycles. The van der Waals surface area contributed by atoms with Crippen molar-refractivity contribution < 1.29 is 9.47 Å². The summed E-state index contributed by atoms with van der Waals surface area (Å²) in [4.78, 5) is 4.16. The molecule has 0 atom stereocenters. The van der Waals surface area contributed by atoms with Crippen LogP contribution in [0.1, 0.15) is 26.3 Å². The molecular formula is C17H22N2O2. The molecule has 0 aliphatic rings. The smallest absolute Gasteiger partial charge is 0.134 e. The molecule has 0 fully saturated rings. The SMILES string of the molecule is CCOc1ccc(Oc2ccncc2CNC(C)C)cc1. The van der Waals surface area contributed by atoms with Crippen molar-refractivity contribution in [3.05, 3.63) is 48.3 Å². The van der Waals surface area contributed by atoms with Crippen LogP contribution in [-0.2, 0) is 6.54 Å². The molecule has 4 heteroatoms. The predicted octanol–water partition coefficient (Wildman–Crippen LogP) is 3.77. The highest BCUT2D eigenvalue weighted by molar-refractivity contribution is 5.38. The summed E-state index contributed by atoms with van der Waals surface area (Å²) in [5, 5.41) is 3.37. The van der Waals surface area contributed by atoms with E-state index in [1.807, 2.05) is 43.5 Å². The zero-order chi connectivity index (χ0) is 15.1. The van der Waals surface area contributed by atoms with Crippen LogP contribution in [0.2, 0.25) is 0 Å². The molecule has 21 heavy (non-hydrogen) atoms. The van der Waals surface area contributed by atoms with E-state index in [2.05, 4.69) is 24.1 Å². The molecule has 0 spiro atoms. The van der Waals surface area contributed by atoms with Crippen molar-refractivity contribution in [3.63, 3.8) is 0 Å². The van der Waals surface area contributed by atoms with Crippen LogP contribution >= 0.6 is 0 Å². The van der Waals surface area contributed by atoms with Gasteiger partial charge in [0.1, 0.15) is 17.2 Å². The molecule has 0 saturated carbocycles. The van der Waals surface area contributed by atoms with E-state index in [1.54, 1.807) is 6.20 Å². The molecule has 1 N–H and O–H groups in total. The minimum absolute atomic E-state index is 0.420. The number of rotatable bonds is 7. The van der Waals surface area contributed by atoms with Gasteiger partial charge in [0.05, 0.1) is 6.61 Å². The van der Waals surface area contributed by atoms with Gasteiger partial charge in [0.25, 0.3) is 0 Å². The standard InChI is InChI=1S/C17H22N2O2/c1-4-20-15-5-7-16(8-6-15)21-17-9-10-18-11-14(17)12-19-13(2)3/h5-11,13,19H,4,12H2,1-3H3. The Hall–Kier alpha value is -2.07. The number of hydrogen-bond acceptors (Lipinski definition) is 4. The van der Waals surface area contributed by atoms with Crippen molar-refractivity contribution in [3.8, 4) is 17.2 Å². The maximum absolute atomic E-state index is 5.94. The van der Waals surface area contributed by atoms with Gasteiger partial charge in [-0.1, -0.05) is 13.8 Å². The molecule has 1 heterocycles. The van der Waals surface area contributed by atoms with Crippen LogP contribution in [0, 0.1) is 0 Å². The largest absolute Gasteiger partial charge is 0.494 e. The summed E-state index contributed by atoms with van der Waals surface area (Å²) in [6, 6.07) is 9.94. The molecule has 1 aromatic carbocycles. The van der Waals surface area contributed by atoms with Gasteiger partial charge in [-0.2, -0.15) is 0 Å². The first-order chi connectivity index (χ1) is 10.2. The summed E-state index contributed by atoms with van der Waals surface area (Å²) in [6.07, 6.45) is 3.57. The van der Waals surface area contributed by atoms with E-state index in [4.69, 9.17) is 9.47 Å². The summed E-state index contributed by atoms with van der Waals surface area (Å²) >= 11 is 0. The molecule has 0 unspecified atom stereocenters.